The first-order valence-electron chi connectivity index (χ1n) is 11.0. The second-order valence-corrected chi connectivity index (χ2v) is 8.87. The standard InChI is InChI=1S/C26H28ClFN2O4/c1-16(2)26-29-24(17-7-11-20(28)12-8-17)25(18-5-9-19(27)10-6-18)30(26)13-3-4-21(31)14-22(32)15-23(33)34/h3-12,16,21-22,31-32H,13-15H2,1-2H3,(H,33,34)/b4-3+. The van der Waals surface area contributed by atoms with Crippen molar-refractivity contribution in [3.05, 3.63) is 77.3 Å². The minimum absolute atomic E-state index is 0.0748. The van der Waals surface area contributed by atoms with E-state index in [9.17, 15) is 19.4 Å². The molecule has 0 aliphatic carbocycles. The number of halogens is 2. The van der Waals surface area contributed by atoms with E-state index in [1.807, 2.05) is 30.5 Å². The highest BCUT2D eigenvalue weighted by Gasteiger charge is 2.21. The van der Waals surface area contributed by atoms with Gasteiger partial charge in [-0.2, -0.15) is 0 Å². The van der Waals surface area contributed by atoms with E-state index in [-0.39, 0.29) is 18.2 Å². The van der Waals surface area contributed by atoms with Crippen LogP contribution in [0, 0.1) is 5.82 Å². The molecule has 6 nitrogen and oxygen atoms in total. The Kier molecular flexibility index (Phi) is 8.61. The minimum Gasteiger partial charge on any atom is -0.481 e. The number of aliphatic hydroxyl groups is 2. The Morgan fingerprint density at radius 3 is 2.29 bits per heavy atom. The predicted molar refractivity (Wildman–Crippen MR) is 130 cm³/mol. The Hall–Kier alpha value is -3.00. The van der Waals surface area contributed by atoms with Gasteiger partial charge in [0, 0.05) is 35.0 Å². The molecular weight excluding hydrogens is 459 g/mol. The highest BCUT2D eigenvalue weighted by Crippen LogP contribution is 2.35. The van der Waals surface area contributed by atoms with E-state index in [2.05, 4.69) is 0 Å². The Balaban J connectivity index is 2.00. The Morgan fingerprint density at radius 1 is 1.09 bits per heavy atom. The number of hydrogen-bond acceptors (Lipinski definition) is 4. The number of aliphatic carboxylic acids is 1. The van der Waals surface area contributed by atoms with Crippen molar-refractivity contribution in [1.29, 1.82) is 0 Å². The number of rotatable bonds is 10. The van der Waals surface area contributed by atoms with Crippen molar-refractivity contribution in [2.24, 2.45) is 0 Å². The summed E-state index contributed by atoms with van der Waals surface area (Å²) in [6.45, 7) is 4.44. The number of carboxylic acid groups (broad SMARTS) is 1. The molecule has 3 N–H and O–H groups in total. The summed E-state index contributed by atoms with van der Waals surface area (Å²) in [5, 5.41) is 29.3. The molecule has 0 bridgehead atoms. The lowest BCUT2D eigenvalue weighted by Gasteiger charge is -2.14. The molecule has 3 aromatic rings. The van der Waals surface area contributed by atoms with Crippen molar-refractivity contribution in [2.45, 2.75) is 51.4 Å². The zero-order valence-corrected chi connectivity index (χ0v) is 19.8. The summed E-state index contributed by atoms with van der Waals surface area (Å²) in [6, 6.07) is 13.6. The van der Waals surface area contributed by atoms with Crippen LogP contribution in [0.4, 0.5) is 4.39 Å². The fourth-order valence-electron chi connectivity index (χ4n) is 3.77. The van der Waals surface area contributed by atoms with Crippen LogP contribution < -0.4 is 0 Å². The summed E-state index contributed by atoms with van der Waals surface area (Å²) in [5.41, 5.74) is 3.19. The van der Waals surface area contributed by atoms with E-state index in [0.29, 0.717) is 17.3 Å². The van der Waals surface area contributed by atoms with Gasteiger partial charge in [-0.1, -0.05) is 49.7 Å². The maximum atomic E-state index is 13.6. The Morgan fingerprint density at radius 2 is 1.71 bits per heavy atom. The molecule has 0 saturated carbocycles. The van der Waals surface area contributed by atoms with Crippen LogP contribution in [-0.2, 0) is 11.3 Å². The second-order valence-electron chi connectivity index (χ2n) is 8.43. The number of imidazole rings is 1. The van der Waals surface area contributed by atoms with Gasteiger partial charge in [0.1, 0.15) is 11.6 Å². The largest absolute Gasteiger partial charge is 0.481 e. The van der Waals surface area contributed by atoms with Crippen LogP contribution in [0.2, 0.25) is 5.02 Å². The predicted octanol–water partition coefficient (Wildman–Crippen LogP) is 5.28. The average molecular weight is 487 g/mol. The van der Waals surface area contributed by atoms with E-state index in [1.54, 1.807) is 36.4 Å². The van der Waals surface area contributed by atoms with Crippen LogP contribution in [-0.4, -0.2) is 43.0 Å². The molecule has 8 heteroatoms. The molecule has 0 fully saturated rings. The fourth-order valence-corrected chi connectivity index (χ4v) is 3.90. The summed E-state index contributed by atoms with van der Waals surface area (Å²) in [6.07, 6.45) is 0.681. The number of benzene rings is 2. The number of carbonyl (C=O) groups is 1. The molecule has 0 spiro atoms. The molecule has 34 heavy (non-hydrogen) atoms. The lowest BCUT2D eigenvalue weighted by atomic mass is 10.0. The van der Waals surface area contributed by atoms with Gasteiger partial charge in [0.05, 0.1) is 30.0 Å². The quantitative estimate of drug-likeness (QED) is 0.339. The molecule has 2 unspecified atom stereocenters. The monoisotopic (exact) mass is 486 g/mol. The third-order valence-corrected chi connectivity index (χ3v) is 5.57. The second kappa shape index (κ2) is 11.4. The van der Waals surface area contributed by atoms with Gasteiger partial charge in [-0.15, -0.1) is 0 Å². The molecule has 2 atom stereocenters. The Bertz CT molecular complexity index is 1140. The summed E-state index contributed by atoms with van der Waals surface area (Å²) < 4.78 is 15.6. The average Bonchev–Trinajstić information content (AvgIpc) is 3.14. The molecule has 1 heterocycles. The van der Waals surface area contributed by atoms with E-state index in [0.717, 1.165) is 22.6 Å². The minimum atomic E-state index is -1.13. The van der Waals surface area contributed by atoms with E-state index >= 15 is 0 Å². The van der Waals surface area contributed by atoms with Crippen molar-refractivity contribution in [2.75, 3.05) is 0 Å². The van der Waals surface area contributed by atoms with Crippen molar-refractivity contribution in [3.8, 4) is 22.5 Å². The van der Waals surface area contributed by atoms with Crippen LogP contribution in [0.3, 0.4) is 0 Å². The van der Waals surface area contributed by atoms with E-state index < -0.39 is 24.6 Å². The fraction of sp³-hybridized carbons (Fsp3) is 0.308. The van der Waals surface area contributed by atoms with Gasteiger partial charge in [0.2, 0.25) is 0 Å². The van der Waals surface area contributed by atoms with Gasteiger partial charge in [-0.3, -0.25) is 4.79 Å². The van der Waals surface area contributed by atoms with Gasteiger partial charge in [0.15, 0.2) is 0 Å². The molecular formula is C26H28ClFN2O4. The van der Waals surface area contributed by atoms with Crippen molar-refractivity contribution in [1.82, 2.24) is 9.55 Å². The highest BCUT2D eigenvalue weighted by molar-refractivity contribution is 6.30. The maximum absolute atomic E-state index is 13.6. The molecule has 2 aromatic carbocycles. The van der Waals surface area contributed by atoms with Gasteiger partial charge >= 0.3 is 5.97 Å². The Labute approximate surface area is 203 Å². The third kappa shape index (κ3) is 6.53. The van der Waals surface area contributed by atoms with Gasteiger partial charge in [0.25, 0.3) is 0 Å². The van der Waals surface area contributed by atoms with Gasteiger partial charge in [-0.25, -0.2) is 9.37 Å². The lowest BCUT2D eigenvalue weighted by molar-refractivity contribution is -0.139. The number of hydrogen-bond donors (Lipinski definition) is 3. The van der Waals surface area contributed by atoms with Gasteiger partial charge < -0.3 is 19.9 Å². The first kappa shape index (κ1) is 25.6. The van der Waals surface area contributed by atoms with Crippen molar-refractivity contribution < 1.29 is 24.5 Å². The molecule has 0 amide bonds. The third-order valence-electron chi connectivity index (χ3n) is 5.32. The molecule has 0 radical (unpaired) electrons. The van der Waals surface area contributed by atoms with Crippen LogP contribution in [0.5, 0.6) is 0 Å². The zero-order valence-electron chi connectivity index (χ0n) is 19.0. The molecule has 180 valence electrons. The number of allylic oxidation sites excluding steroid dienone is 1. The smallest absolute Gasteiger partial charge is 0.305 e. The molecule has 3 rings (SSSR count). The molecule has 0 aliphatic heterocycles. The first-order valence-corrected chi connectivity index (χ1v) is 11.4. The SMILES string of the molecule is CC(C)c1nc(-c2ccc(F)cc2)c(-c2ccc(Cl)cc2)n1C/C=C/C(O)CC(O)CC(=O)O. The number of carboxylic acids is 1. The van der Waals surface area contributed by atoms with Crippen LogP contribution in [0.25, 0.3) is 22.5 Å². The summed E-state index contributed by atoms with van der Waals surface area (Å²) >= 11 is 6.10. The van der Waals surface area contributed by atoms with Crippen molar-refractivity contribution >= 4 is 17.6 Å². The number of nitrogens with zero attached hydrogens (tertiary/aromatic N) is 2. The lowest BCUT2D eigenvalue weighted by Crippen LogP contribution is -2.19. The van der Waals surface area contributed by atoms with Crippen LogP contribution >= 0.6 is 11.6 Å². The molecule has 0 aliphatic rings. The molecule has 1 aromatic heterocycles. The first-order chi connectivity index (χ1) is 16.2. The van der Waals surface area contributed by atoms with Crippen LogP contribution in [0.15, 0.2) is 60.7 Å². The highest BCUT2D eigenvalue weighted by atomic mass is 35.5. The summed E-state index contributed by atoms with van der Waals surface area (Å²) in [4.78, 5) is 15.6. The number of aromatic nitrogens is 2. The zero-order chi connectivity index (χ0) is 24.8. The van der Waals surface area contributed by atoms with Crippen molar-refractivity contribution in [3.63, 3.8) is 0 Å². The molecule has 0 saturated heterocycles. The topological polar surface area (TPSA) is 95.6 Å². The maximum Gasteiger partial charge on any atom is 0.305 e. The van der Waals surface area contributed by atoms with Crippen LogP contribution in [0.1, 0.15) is 38.4 Å². The summed E-state index contributed by atoms with van der Waals surface area (Å²) in [5.74, 6) is -0.558. The normalized spacial score (nSPS) is 13.5. The van der Waals surface area contributed by atoms with Gasteiger partial charge in [-0.05, 0) is 36.4 Å². The van der Waals surface area contributed by atoms with E-state index in [4.69, 9.17) is 21.7 Å². The van der Waals surface area contributed by atoms with E-state index in [1.165, 1.54) is 12.1 Å². The number of aliphatic hydroxyl groups excluding tert-OH is 2. The summed E-state index contributed by atoms with van der Waals surface area (Å²) in [7, 11) is 0.